The molecule has 1 heterocycles. The number of amides is 1. The average Bonchev–Trinajstić information content (AvgIpc) is 3.26. The minimum absolute atomic E-state index is 0.0710. The molecule has 4 aromatic rings. The van der Waals surface area contributed by atoms with Crippen LogP contribution in [0.3, 0.4) is 0 Å². The minimum atomic E-state index is -1.32. The number of nitro benzene ring substituents is 1. The summed E-state index contributed by atoms with van der Waals surface area (Å²) in [6.45, 7) is 0. The number of carbonyl (C=O) groups excluding carboxylic acids is 2. The van der Waals surface area contributed by atoms with Gasteiger partial charge in [0, 0.05) is 29.5 Å². The van der Waals surface area contributed by atoms with Crippen LogP contribution in [0.2, 0.25) is 5.02 Å². The monoisotopic (exact) mass is 477 g/mol. The SMILES string of the molecule is O=C(/C=C/c1nc2ccccc2o1)OC(C(=O)Nc1ccc(Cl)c([N+](=O)[O-])c1)c1ccccc1. The zero-order valence-corrected chi connectivity index (χ0v) is 18.1. The van der Waals surface area contributed by atoms with E-state index in [2.05, 4.69) is 10.3 Å². The summed E-state index contributed by atoms with van der Waals surface area (Å²) >= 11 is 5.82. The molecule has 1 N–H and O–H groups in total. The van der Waals surface area contributed by atoms with Crippen LogP contribution < -0.4 is 5.32 Å². The number of benzene rings is 3. The molecule has 1 aromatic heterocycles. The summed E-state index contributed by atoms with van der Waals surface area (Å²) in [5.41, 5.74) is 1.37. The predicted octanol–water partition coefficient (Wildman–Crippen LogP) is 5.33. The van der Waals surface area contributed by atoms with Crippen molar-refractivity contribution in [2.75, 3.05) is 5.32 Å². The lowest BCUT2D eigenvalue weighted by Crippen LogP contribution is -2.25. The highest BCUT2D eigenvalue weighted by molar-refractivity contribution is 6.32. The highest BCUT2D eigenvalue weighted by Crippen LogP contribution is 2.28. The van der Waals surface area contributed by atoms with Crippen molar-refractivity contribution in [1.29, 1.82) is 0 Å². The van der Waals surface area contributed by atoms with Gasteiger partial charge in [-0.05, 0) is 24.3 Å². The molecule has 1 atom stereocenters. The molecule has 0 spiro atoms. The molecule has 3 aromatic carbocycles. The summed E-state index contributed by atoms with van der Waals surface area (Å²) in [7, 11) is 0. The molecule has 0 aliphatic heterocycles. The number of para-hydroxylation sites is 2. The second kappa shape index (κ2) is 9.97. The summed E-state index contributed by atoms with van der Waals surface area (Å²) in [5.74, 6) is -1.31. The number of fused-ring (bicyclic) bond motifs is 1. The van der Waals surface area contributed by atoms with E-state index in [0.29, 0.717) is 16.7 Å². The van der Waals surface area contributed by atoms with Gasteiger partial charge in [0.15, 0.2) is 5.58 Å². The number of rotatable bonds is 7. The smallest absolute Gasteiger partial charge is 0.332 e. The molecule has 0 saturated carbocycles. The largest absolute Gasteiger partial charge is 0.444 e. The molecular weight excluding hydrogens is 462 g/mol. The molecule has 4 rings (SSSR count). The Morgan fingerprint density at radius 2 is 1.82 bits per heavy atom. The predicted molar refractivity (Wildman–Crippen MR) is 125 cm³/mol. The summed E-state index contributed by atoms with van der Waals surface area (Å²) in [4.78, 5) is 40.2. The van der Waals surface area contributed by atoms with E-state index in [1.54, 1.807) is 48.5 Å². The molecule has 0 aliphatic rings. The van der Waals surface area contributed by atoms with Gasteiger partial charge in [-0.15, -0.1) is 0 Å². The number of carbonyl (C=O) groups is 2. The minimum Gasteiger partial charge on any atom is -0.444 e. The third-order valence-corrected chi connectivity index (χ3v) is 4.98. The van der Waals surface area contributed by atoms with E-state index >= 15 is 0 Å². The van der Waals surface area contributed by atoms with Gasteiger partial charge in [-0.3, -0.25) is 14.9 Å². The van der Waals surface area contributed by atoms with Crippen molar-refractivity contribution in [2.45, 2.75) is 6.10 Å². The number of nitrogens with one attached hydrogen (secondary N) is 1. The molecule has 0 bridgehead atoms. The fourth-order valence-electron chi connectivity index (χ4n) is 3.09. The van der Waals surface area contributed by atoms with E-state index in [-0.39, 0.29) is 22.3 Å². The molecule has 34 heavy (non-hydrogen) atoms. The Bertz CT molecular complexity index is 1370. The fourth-order valence-corrected chi connectivity index (χ4v) is 3.28. The number of aromatic nitrogens is 1. The van der Waals surface area contributed by atoms with Crippen molar-refractivity contribution in [3.05, 3.63) is 105 Å². The van der Waals surface area contributed by atoms with Crippen LogP contribution in [-0.4, -0.2) is 21.8 Å². The third kappa shape index (κ3) is 5.28. The normalized spacial score (nSPS) is 11.9. The highest BCUT2D eigenvalue weighted by atomic mass is 35.5. The lowest BCUT2D eigenvalue weighted by atomic mass is 10.1. The van der Waals surface area contributed by atoms with Gasteiger partial charge in [0.25, 0.3) is 11.6 Å². The number of oxazole rings is 1. The molecule has 9 nitrogen and oxygen atoms in total. The number of halogens is 1. The Kier molecular flexibility index (Phi) is 6.65. The van der Waals surface area contributed by atoms with Gasteiger partial charge in [0.05, 0.1) is 4.92 Å². The molecule has 1 unspecified atom stereocenters. The number of anilines is 1. The van der Waals surface area contributed by atoms with Crippen LogP contribution >= 0.6 is 11.6 Å². The van der Waals surface area contributed by atoms with Crippen LogP contribution in [0.25, 0.3) is 17.2 Å². The molecule has 10 heteroatoms. The summed E-state index contributed by atoms with van der Waals surface area (Å²) < 4.78 is 10.9. The lowest BCUT2D eigenvalue weighted by Gasteiger charge is -2.17. The first-order valence-electron chi connectivity index (χ1n) is 9.95. The van der Waals surface area contributed by atoms with Crippen molar-refractivity contribution in [1.82, 2.24) is 4.98 Å². The number of nitrogens with zero attached hydrogens (tertiary/aromatic N) is 2. The highest BCUT2D eigenvalue weighted by Gasteiger charge is 2.25. The first-order chi connectivity index (χ1) is 16.4. The molecule has 1 amide bonds. The maximum absolute atomic E-state index is 13.0. The lowest BCUT2D eigenvalue weighted by molar-refractivity contribution is -0.384. The number of hydrogen-bond acceptors (Lipinski definition) is 7. The maximum atomic E-state index is 13.0. The van der Waals surface area contributed by atoms with E-state index < -0.39 is 22.9 Å². The van der Waals surface area contributed by atoms with Crippen molar-refractivity contribution >= 4 is 52.0 Å². The zero-order valence-electron chi connectivity index (χ0n) is 17.4. The van der Waals surface area contributed by atoms with E-state index in [1.165, 1.54) is 18.2 Å². The van der Waals surface area contributed by atoms with E-state index in [0.717, 1.165) is 12.1 Å². The van der Waals surface area contributed by atoms with Gasteiger partial charge in [0.1, 0.15) is 10.5 Å². The number of esters is 1. The fraction of sp³-hybridized carbons (Fsp3) is 0.0417. The molecule has 0 fully saturated rings. The van der Waals surface area contributed by atoms with Gasteiger partial charge in [-0.2, -0.15) is 0 Å². The number of hydrogen-bond donors (Lipinski definition) is 1. The first kappa shape index (κ1) is 22.7. The van der Waals surface area contributed by atoms with Crippen LogP contribution in [0.15, 0.2) is 83.3 Å². The van der Waals surface area contributed by atoms with Gasteiger partial charge in [-0.25, -0.2) is 9.78 Å². The van der Waals surface area contributed by atoms with Gasteiger partial charge in [0.2, 0.25) is 12.0 Å². The summed E-state index contributed by atoms with van der Waals surface area (Å²) in [6, 6.07) is 19.3. The zero-order chi connectivity index (χ0) is 24.1. The Morgan fingerprint density at radius 3 is 2.56 bits per heavy atom. The summed E-state index contributed by atoms with van der Waals surface area (Å²) in [5, 5.41) is 13.6. The van der Waals surface area contributed by atoms with Crippen LogP contribution in [0.5, 0.6) is 0 Å². The van der Waals surface area contributed by atoms with Gasteiger partial charge < -0.3 is 14.5 Å². The second-order valence-electron chi connectivity index (χ2n) is 6.99. The molecule has 170 valence electrons. The maximum Gasteiger partial charge on any atom is 0.332 e. The topological polar surface area (TPSA) is 125 Å². The van der Waals surface area contributed by atoms with E-state index in [9.17, 15) is 19.7 Å². The third-order valence-electron chi connectivity index (χ3n) is 4.66. The van der Waals surface area contributed by atoms with Crippen LogP contribution in [0.4, 0.5) is 11.4 Å². The Labute approximate surface area is 197 Å². The Hall–Kier alpha value is -4.50. The number of nitro groups is 1. The van der Waals surface area contributed by atoms with Crippen LogP contribution in [-0.2, 0) is 14.3 Å². The Balaban J connectivity index is 1.53. The molecule has 0 radical (unpaired) electrons. The van der Waals surface area contributed by atoms with E-state index in [1.807, 2.05) is 6.07 Å². The number of ether oxygens (including phenoxy) is 1. The Morgan fingerprint density at radius 1 is 1.09 bits per heavy atom. The molecule has 0 aliphatic carbocycles. The van der Waals surface area contributed by atoms with Gasteiger partial charge in [-0.1, -0.05) is 54.1 Å². The van der Waals surface area contributed by atoms with Crippen molar-refractivity contribution in [2.24, 2.45) is 0 Å². The van der Waals surface area contributed by atoms with Crippen molar-refractivity contribution < 1.29 is 23.7 Å². The standard InChI is InChI=1S/C24H16ClN3O6/c25-17-11-10-16(14-19(17)28(31)32)26-24(30)23(15-6-2-1-3-7-15)34-22(29)13-12-21-27-18-8-4-5-9-20(18)33-21/h1-14,23H,(H,26,30)/b13-12+. The van der Waals surface area contributed by atoms with Crippen molar-refractivity contribution in [3.63, 3.8) is 0 Å². The molecule has 0 saturated heterocycles. The first-order valence-corrected chi connectivity index (χ1v) is 10.3. The average molecular weight is 478 g/mol. The van der Waals surface area contributed by atoms with Gasteiger partial charge >= 0.3 is 5.97 Å². The second-order valence-corrected chi connectivity index (χ2v) is 7.40. The quantitative estimate of drug-likeness (QED) is 0.165. The van der Waals surface area contributed by atoms with Crippen LogP contribution in [0, 0.1) is 10.1 Å². The van der Waals surface area contributed by atoms with Crippen molar-refractivity contribution in [3.8, 4) is 0 Å². The van der Waals surface area contributed by atoms with Crippen LogP contribution in [0.1, 0.15) is 17.6 Å². The summed E-state index contributed by atoms with van der Waals surface area (Å²) in [6.07, 6.45) is 1.11. The molecular formula is C24H16ClN3O6. The van der Waals surface area contributed by atoms with E-state index in [4.69, 9.17) is 20.8 Å².